The molecule has 156 valence electrons. The summed E-state index contributed by atoms with van der Waals surface area (Å²) < 4.78 is 48.0. The van der Waals surface area contributed by atoms with Crippen LogP contribution in [0.1, 0.15) is 5.56 Å². The molecule has 0 saturated carbocycles. The van der Waals surface area contributed by atoms with Crippen LogP contribution < -0.4 is 14.2 Å². The number of hydrogen-bond acceptors (Lipinski definition) is 6. The van der Waals surface area contributed by atoms with E-state index in [0.717, 1.165) is 10.0 Å². The lowest BCUT2D eigenvalue weighted by molar-refractivity contribution is 0.0551. The lowest BCUT2D eigenvalue weighted by Gasteiger charge is -2.26. The number of ether oxygens (including phenoxy) is 3. The van der Waals surface area contributed by atoms with Crippen molar-refractivity contribution in [1.29, 1.82) is 0 Å². The van der Waals surface area contributed by atoms with Gasteiger partial charge in [-0.25, -0.2) is 0 Å². The van der Waals surface area contributed by atoms with E-state index in [1.54, 1.807) is 30.3 Å². The molecule has 1 heterocycles. The number of benzene rings is 3. The smallest absolute Gasteiger partial charge is 0.297 e. The third-order valence-electron chi connectivity index (χ3n) is 4.39. The standard InChI is InChI=1S/C22H19BrO6S/c23-17-6-9-20(10-7-17)30(24,25)28-15-19-14-27-21-11-8-18(12-22(21)29-19)26-13-16-4-2-1-3-5-16/h1-12,19H,13-15H2/t19-/m1/s1. The van der Waals surface area contributed by atoms with E-state index >= 15 is 0 Å². The van der Waals surface area contributed by atoms with Crippen LogP contribution >= 0.6 is 15.9 Å². The Hall–Kier alpha value is -2.55. The van der Waals surface area contributed by atoms with E-state index in [4.69, 9.17) is 18.4 Å². The van der Waals surface area contributed by atoms with E-state index in [9.17, 15) is 8.42 Å². The lowest BCUT2D eigenvalue weighted by atomic mass is 10.2. The van der Waals surface area contributed by atoms with Crippen molar-refractivity contribution in [2.75, 3.05) is 13.2 Å². The Morgan fingerprint density at radius 3 is 2.50 bits per heavy atom. The Labute approximate surface area is 183 Å². The summed E-state index contributed by atoms with van der Waals surface area (Å²) in [7, 11) is -3.88. The van der Waals surface area contributed by atoms with Crippen molar-refractivity contribution in [1.82, 2.24) is 0 Å². The fraction of sp³-hybridized carbons (Fsp3) is 0.182. The van der Waals surface area contributed by atoms with Gasteiger partial charge in [0.1, 0.15) is 25.6 Å². The number of halogens is 1. The third-order valence-corrected chi connectivity index (χ3v) is 6.22. The Morgan fingerprint density at radius 1 is 0.967 bits per heavy atom. The summed E-state index contributed by atoms with van der Waals surface area (Å²) in [6.07, 6.45) is -0.563. The molecule has 1 aliphatic heterocycles. The zero-order valence-electron chi connectivity index (χ0n) is 15.9. The highest BCUT2D eigenvalue weighted by Crippen LogP contribution is 2.35. The maximum Gasteiger partial charge on any atom is 0.297 e. The Kier molecular flexibility index (Phi) is 6.26. The minimum atomic E-state index is -3.88. The van der Waals surface area contributed by atoms with Gasteiger partial charge < -0.3 is 14.2 Å². The van der Waals surface area contributed by atoms with Gasteiger partial charge in [-0.05, 0) is 42.0 Å². The zero-order chi connectivity index (χ0) is 21.0. The van der Waals surface area contributed by atoms with Crippen LogP contribution in [-0.2, 0) is 20.9 Å². The van der Waals surface area contributed by atoms with Crippen molar-refractivity contribution >= 4 is 26.0 Å². The first-order chi connectivity index (χ1) is 14.5. The van der Waals surface area contributed by atoms with Gasteiger partial charge in [0, 0.05) is 10.5 Å². The molecule has 0 bridgehead atoms. The molecule has 0 N–H and O–H groups in total. The van der Waals surface area contributed by atoms with Gasteiger partial charge in [0.25, 0.3) is 10.1 Å². The number of rotatable bonds is 7. The van der Waals surface area contributed by atoms with Gasteiger partial charge in [-0.3, -0.25) is 4.18 Å². The van der Waals surface area contributed by atoms with E-state index in [2.05, 4.69) is 15.9 Å². The van der Waals surface area contributed by atoms with Gasteiger partial charge in [0.2, 0.25) is 0 Å². The molecule has 6 nitrogen and oxygen atoms in total. The molecule has 3 aromatic carbocycles. The highest BCUT2D eigenvalue weighted by molar-refractivity contribution is 9.10. The minimum Gasteiger partial charge on any atom is -0.489 e. The second kappa shape index (κ2) is 9.07. The summed E-state index contributed by atoms with van der Waals surface area (Å²) in [5.74, 6) is 1.70. The molecule has 3 aromatic rings. The second-order valence-corrected chi connectivity index (χ2v) is 9.16. The molecule has 0 amide bonds. The summed E-state index contributed by atoms with van der Waals surface area (Å²) in [4.78, 5) is 0.0828. The highest BCUT2D eigenvalue weighted by Gasteiger charge is 2.25. The van der Waals surface area contributed by atoms with E-state index < -0.39 is 16.2 Å². The topological polar surface area (TPSA) is 71.1 Å². The average molecular weight is 491 g/mol. The van der Waals surface area contributed by atoms with Crippen molar-refractivity contribution in [3.05, 3.63) is 82.8 Å². The van der Waals surface area contributed by atoms with Crippen molar-refractivity contribution in [3.8, 4) is 17.2 Å². The van der Waals surface area contributed by atoms with Crippen molar-refractivity contribution in [3.63, 3.8) is 0 Å². The van der Waals surface area contributed by atoms with Crippen LogP contribution in [0.15, 0.2) is 82.2 Å². The van der Waals surface area contributed by atoms with Crippen LogP contribution in [0, 0.1) is 0 Å². The second-order valence-electron chi connectivity index (χ2n) is 6.63. The van der Waals surface area contributed by atoms with Gasteiger partial charge >= 0.3 is 0 Å². The quantitative estimate of drug-likeness (QED) is 0.451. The Bertz CT molecular complexity index is 1100. The molecular weight excluding hydrogens is 472 g/mol. The fourth-order valence-corrected chi connectivity index (χ4v) is 4.04. The van der Waals surface area contributed by atoms with Gasteiger partial charge in [-0.1, -0.05) is 46.3 Å². The monoisotopic (exact) mass is 490 g/mol. The molecule has 4 rings (SSSR count). The third kappa shape index (κ3) is 5.13. The average Bonchev–Trinajstić information content (AvgIpc) is 2.77. The van der Waals surface area contributed by atoms with Crippen molar-refractivity contribution < 1.29 is 26.8 Å². The fourth-order valence-electron chi connectivity index (χ4n) is 2.84. The van der Waals surface area contributed by atoms with Gasteiger partial charge in [-0.15, -0.1) is 0 Å². The Morgan fingerprint density at radius 2 is 1.73 bits per heavy atom. The molecule has 0 fully saturated rings. The van der Waals surface area contributed by atoms with Gasteiger partial charge in [0.15, 0.2) is 17.6 Å². The van der Waals surface area contributed by atoms with E-state index in [1.165, 1.54) is 12.1 Å². The highest BCUT2D eigenvalue weighted by atomic mass is 79.9. The molecule has 1 atom stereocenters. The summed E-state index contributed by atoms with van der Waals surface area (Å²) >= 11 is 3.28. The van der Waals surface area contributed by atoms with Gasteiger partial charge in [0.05, 0.1) is 4.90 Å². The molecule has 30 heavy (non-hydrogen) atoms. The van der Waals surface area contributed by atoms with Crippen LogP contribution in [-0.4, -0.2) is 27.7 Å². The van der Waals surface area contributed by atoms with E-state index in [-0.39, 0.29) is 18.1 Å². The molecule has 0 aliphatic carbocycles. The summed E-state index contributed by atoms with van der Waals surface area (Å²) in [5.41, 5.74) is 1.05. The zero-order valence-corrected chi connectivity index (χ0v) is 18.3. The van der Waals surface area contributed by atoms with E-state index in [1.807, 2.05) is 30.3 Å². The maximum absolute atomic E-state index is 12.4. The molecule has 1 aliphatic rings. The lowest BCUT2D eigenvalue weighted by Crippen LogP contribution is -2.34. The molecule has 0 saturated heterocycles. The first-order valence-corrected chi connectivity index (χ1v) is 11.4. The molecular formula is C22H19BrO6S. The minimum absolute atomic E-state index is 0.0828. The molecule has 0 radical (unpaired) electrons. The molecule has 8 heteroatoms. The van der Waals surface area contributed by atoms with Crippen LogP contribution in [0.25, 0.3) is 0 Å². The molecule has 0 spiro atoms. The van der Waals surface area contributed by atoms with Gasteiger partial charge in [-0.2, -0.15) is 8.42 Å². The SMILES string of the molecule is O=S(=O)(OC[C@H]1COc2ccc(OCc3ccccc3)cc2O1)c1ccc(Br)cc1. The summed E-state index contributed by atoms with van der Waals surface area (Å²) in [6, 6.07) is 21.4. The Balaban J connectivity index is 1.37. The largest absolute Gasteiger partial charge is 0.489 e. The number of hydrogen-bond donors (Lipinski definition) is 0. The van der Waals surface area contributed by atoms with E-state index in [0.29, 0.717) is 23.9 Å². The van der Waals surface area contributed by atoms with Crippen LogP contribution in [0.5, 0.6) is 17.2 Å². The van der Waals surface area contributed by atoms with Crippen LogP contribution in [0.3, 0.4) is 0 Å². The number of fused-ring (bicyclic) bond motifs is 1. The summed E-state index contributed by atoms with van der Waals surface area (Å²) in [6.45, 7) is 0.457. The maximum atomic E-state index is 12.4. The normalized spacial score (nSPS) is 15.6. The molecule has 0 aromatic heterocycles. The first-order valence-electron chi connectivity index (χ1n) is 9.25. The van der Waals surface area contributed by atoms with Crippen LogP contribution in [0.4, 0.5) is 0 Å². The predicted octanol–water partition coefficient (Wildman–Crippen LogP) is 4.57. The van der Waals surface area contributed by atoms with Crippen molar-refractivity contribution in [2.24, 2.45) is 0 Å². The van der Waals surface area contributed by atoms with Crippen molar-refractivity contribution in [2.45, 2.75) is 17.6 Å². The first kappa shape index (κ1) is 20.7. The summed E-state index contributed by atoms with van der Waals surface area (Å²) in [5, 5.41) is 0. The molecule has 0 unspecified atom stereocenters. The van der Waals surface area contributed by atoms with Crippen LogP contribution in [0.2, 0.25) is 0 Å². The predicted molar refractivity (Wildman–Crippen MR) is 114 cm³/mol.